The van der Waals surface area contributed by atoms with Crippen LogP contribution in [0.4, 0.5) is 0 Å². The van der Waals surface area contributed by atoms with E-state index in [0.717, 1.165) is 0 Å². The number of ether oxygens (including phenoxy) is 2. The minimum atomic E-state index is -0.878. The van der Waals surface area contributed by atoms with Gasteiger partial charge in [-0.2, -0.15) is 0 Å². The number of carboxylic acid groups (broad SMARTS) is 1. The molecule has 0 fully saturated rings. The maximum atomic E-state index is 11.9. The minimum Gasteiger partial charge on any atom is -0.497 e. The van der Waals surface area contributed by atoms with Crippen molar-refractivity contribution in [3.05, 3.63) is 23.8 Å². The monoisotopic (exact) mass is 267 g/mol. The van der Waals surface area contributed by atoms with Gasteiger partial charge in [0.2, 0.25) is 0 Å². The third-order valence-electron chi connectivity index (χ3n) is 2.51. The van der Waals surface area contributed by atoms with Crippen LogP contribution < -0.4 is 14.8 Å². The molecule has 0 bridgehead atoms. The number of nitrogens with one attached hydrogen (secondary N) is 1. The number of methoxy groups -OCH3 is 2. The van der Waals surface area contributed by atoms with Gasteiger partial charge >= 0.3 is 5.97 Å². The second kappa shape index (κ2) is 7.25. The lowest BCUT2D eigenvalue weighted by molar-refractivity contribution is -0.137. The molecule has 6 nitrogen and oxygen atoms in total. The van der Waals surface area contributed by atoms with Gasteiger partial charge in [-0.05, 0) is 18.6 Å². The Kier molecular flexibility index (Phi) is 5.66. The molecule has 0 aliphatic carbocycles. The van der Waals surface area contributed by atoms with Crippen molar-refractivity contribution in [1.82, 2.24) is 5.32 Å². The number of benzene rings is 1. The van der Waals surface area contributed by atoms with Crippen molar-refractivity contribution >= 4 is 11.9 Å². The van der Waals surface area contributed by atoms with Gasteiger partial charge in [0, 0.05) is 19.0 Å². The summed E-state index contributed by atoms with van der Waals surface area (Å²) in [6.07, 6.45) is 0.416. The first-order chi connectivity index (χ1) is 9.08. The molecule has 2 N–H and O–H groups in total. The quantitative estimate of drug-likeness (QED) is 0.727. The molecule has 6 heteroatoms. The van der Waals surface area contributed by atoms with Crippen LogP contribution in [0.5, 0.6) is 11.5 Å². The van der Waals surface area contributed by atoms with E-state index >= 15 is 0 Å². The molecule has 0 saturated heterocycles. The summed E-state index contributed by atoms with van der Waals surface area (Å²) in [4.78, 5) is 22.2. The van der Waals surface area contributed by atoms with E-state index in [0.29, 0.717) is 30.0 Å². The minimum absolute atomic E-state index is 0.0278. The smallest absolute Gasteiger partial charge is 0.303 e. The van der Waals surface area contributed by atoms with Gasteiger partial charge in [0.25, 0.3) is 5.91 Å². The van der Waals surface area contributed by atoms with Gasteiger partial charge in [-0.3, -0.25) is 9.59 Å². The molecule has 0 aliphatic heterocycles. The number of hydrogen-bond donors (Lipinski definition) is 2. The van der Waals surface area contributed by atoms with E-state index in [1.165, 1.54) is 14.2 Å². The molecule has 1 aromatic carbocycles. The van der Waals surface area contributed by atoms with E-state index in [9.17, 15) is 9.59 Å². The summed E-state index contributed by atoms with van der Waals surface area (Å²) in [7, 11) is 3.00. The van der Waals surface area contributed by atoms with Crippen LogP contribution in [0.3, 0.4) is 0 Å². The predicted molar refractivity (Wildman–Crippen MR) is 68.7 cm³/mol. The van der Waals surface area contributed by atoms with Gasteiger partial charge in [-0.1, -0.05) is 0 Å². The molecule has 0 unspecified atom stereocenters. The summed E-state index contributed by atoms with van der Waals surface area (Å²) in [5.74, 6) is -0.171. The normalized spacial score (nSPS) is 9.79. The van der Waals surface area contributed by atoms with Crippen molar-refractivity contribution in [2.45, 2.75) is 12.8 Å². The zero-order valence-corrected chi connectivity index (χ0v) is 10.9. The second-order valence-electron chi connectivity index (χ2n) is 3.82. The summed E-state index contributed by atoms with van der Waals surface area (Å²) in [5, 5.41) is 11.1. The van der Waals surface area contributed by atoms with Gasteiger partial charge in [0.1, 0.15) is 11.5 Å². The molecule has 104 valence electrons. The molecule has 1 aromatic rings. The van der Waals surface area contributed by atoms with Crippen molar-refractivity contribution in [2.24, 2.45) is 0 Å². The molecule has 0 spiro atoms. The van der Waals surface area contributed by atoms with Gasteiger partial charge in [0.05, 0.1) is 19.8 Å². The molecule has 0 radical (unpaired) electrons. The first-order valence-corrected chi connectivity index (χ1v) is 5.80. The lowest BCUT2D eigenvalue weighted by Crippen LogP contribution is -2.25. The van der Waals surface area contributed by atoms with Crippen LogP contribution in [0.25, 0.3) is 0 Å². The van der Waals surface area contributed by atoms with Crippen molar-refractivity contribution in [3.8, 4) is 11.5 Å². The lowest BCUT2D eigenvalue weighted by atomic mass is 10.1. The summed E-state index contributed by atoms with van der Waals surface area (Å²) in [5.41, 5.74) is 0.388. The Morgan fingerprint density at radius 1 is 1.26 bits per heavy atom. The molecule has 1 amide bonds. The molecular formula is C13H17NO5. The zero-order chi connectivity index (χ0) is 14.3. The van der Waals surface area contributed by atoms with Gasteiger partial charge in [-0.25, -0.2) is 0 Å². The van der Waals surface area contributed by atoms with Crippen molar-refractivity contribution < 1.29 is 24.2 Å². The van der Waals surface area contributed by atoms with Gasteiger partial charge in [0.15, 0.2) is 0 Å². The molecule has 0 heterocycles. The molecule has 0 atom stereocenters. The number of carboxylic acids is 1. The second-order valence-corrected chi connectivity index (χ2v) is 3.82. The number of rotatable bonds is 7. The van der Waals surface area contributed by atoms with Crippen LogP contribution >= 0.6 is 0 Å². The number of amides is 1. The van der Waals surface area contributed by atoms with Crippen molar-refractivity contribution in [3.63, 3.8) is 0 Å². The maximum absolute atomic E-state index is 11.9. The predicted octanol–water partition coefficient (Wildman–Crippen LogP) is 1.30. The average molecular weight is 267 g/mol. The maximum Gasteiger partial charge on any atom is 0.303 e. The SMILES string of the molecule is COc1ccc(C(=O)NCCCC(=O)O)c(OC)c1. The molecule has 19 heavy (non-hydrogen) atoms. The van der Waals surface area contributed by atoms with Crippen molar-refractivity contribution in [2.75, 3.05) is 20.8 Å². The van der Waals surface area contributed by atoms with E-state index in [1.807, 2.05) is 0 Å². The number of aliphatic carboxylic acids is 1. The third-order valence-corrected chi connectivity index (χ3v) is 2.51. The van der Waals surface area contributed by atoms with Crippen LogP contribution in [0.15, 0.2) is 18.2 Å². The Labute approximate surface area is 111 Å². The Morgan fingerprint density at radius 2 is 2.00 bits per heavy atom. The number of hydrogen-bond acceptors (Lipinski definition) is 4. The van der Waals surface area contributed by atoms with E-state index < -0.39 is 5.97 Å². The molecule has 0 saturated carbocycles. The first kappa shape index (κ1) is 14.8. The lowest BCUT2D eigenvalue weighted by Gasteiger charge is -2.10. The summed E-state index contributed by atoms with van der Waals surface area (Å²) in [6, 6.07) is 4.88. The summed E-state index contributed by atoms with van der Waals surface area (Å²) >= 11 is 0. The van der Waals surface area contributed by atoms with Crippen LogP contribution in [0, 0.1) is 0 Å². The standard InChI is InChI=1S/C13H17NO5/c1-18-9-5-6-10(11(8-9)19-2)13(17)14-7-3-4-12(15)16/h5-6,8H,3-4,7H2,1-2H3,(H,14,17)(H,15,16). The van der Waals surface area contributed by atoms with Crippen LogP contribution in [-0.4, -0.2) is 37.7 Å². The topological polar surface area (TPSA) is 84.9 Å². The fraction of sp³-hybridized carbons (Fsp3) is 0.385. The Hall–Kier alpha value is -2.24. The van der Waals surface area contributed by atoms with Crippen molar-refractivity contribution in [1.29, 1.82) is 0 Å². The van der Waals surface area contributed by atoms with Gasteiger partial charge < -0.3 is 19.9 Å². The van der Waals surface area contributed by atoms with E-state index in [-0.39, 0.29) is 12.3 Å². The molecule has 1 rings (SSSR count). The Balaban J connectivity index is 2.63. The highest BCUT2D eigenvalue weighted by molar-refractivity contribution is 5.97. The Bertz CT molecular complexity index is 458. The highest BCUT2D eigenvalue weighted by Crippen LogP contribution is 2.24. The summed E-state index contributed by atoms with van der Waals surface area (Å²) < 4.78 is 10.2. The fourth-order valence-electron chi connectivity index (χ4n) is 1.52. The highest BCUT2D eigenvalue weighted by Gasteiger charge is 2.12. The van der Waals surface area contributed by atoms with E-state index in [4.69, 9.17) is 14.6 Å². The van der Waals surface area contributed by atoms with Gasteiger partial charge in [-0.15, -0.1) is 0 Å². The highest BCUT2D eigenvalue weighted by atomic mass is 16.5. The fourth-order valence-corrected chi connectivity index (χ4v) is 1.52. The first-order valence-electron chi connectivity index (χ1n) is 5.80. The van der Waals surface area contributed by atoms with E-state index in [1.54, 1.807) is 18.2 Å². The molecule has 0 aromatic heterocycles. The van der Waals surface area contributed by atoms with Crippen LogP contribution in [0.2, 0.25) is 0 Å². The number of carbonyl (C=O) groups excluding carboxylic acids is 1. The summed E-state index contributed by atoms with van der Waals surface area (Å²) in [6.45, 7) is 0.306. The van der Waals surface area contributed by atoms with E-state index in [2.05, 4.69) is 5.32 Å². The molecule has 0 aliphatic rings. The van der Waals surface area contributed by atoms with Crippen LogP contribution in [-0.2, 0) is 4.79 Å². The third kappa shape index (κ3) is 4.50. The largest absolute Gasteiger partial charge is 0.497 e. The zero-order valence-electron chi connectivity index (χ0n) is 10.9. The average Bonchev–Trinajstić information content (AvgIpc) is 2.42. The van der Waals surface area contributed by atoms with Crippen LogP contribution in [0.1, 0.15) is 23.2 Å². The Morgan fingerprint density at radius 3 is 2.58 bits per heavy atom. The number of carbonyl (C=O) groups is 2. The molecular weight excluding hydrogens is 250 g/mol.